The molecule has 0 bridgehead atoms. The molecule has 0 atom stereocenters. The molecule has 1 aromatic rings. The summed E-state index contributed by atoms with van der Waals surface area (Å²) in [6.07, 6.45) is -5.33. The van der Waals surface area contributed by atoms with Crippen LogP contribution in [0, 0.1) is 0 Å². The van der Waals surface area contributed by atoms with Crippen LogP contribution in [-0.2, 0) is 11.6 Å². The fraction of sp³-hybridized carbons (Fsp3) is 0.250. The molecular formula is C8H3ClF5NO3. The highest BCUT2D eigenvalue weighted by Gasteiger charge is 2.42. The molecule has 0 amide bonds. The molecule has 2 N–H and O–H groups in total. The molecule has 0 aliphatic heterocycles. The number of aromatic hydroxyl groups is 1. The van der Waals surface area contributed by atoms with Gasteiger partial charge in [0.1, 0.15) is 17.0 Å². The fourth-order valence-electron chi connectivity index (χ4n) is 1.09. The number of carbonyl (C=O) groups is 1. The molecule has 0 saturated carbocycles. The van der Waals surface area contributed by atoms with Crippen LogP contribution in [0.2, 0.25) is 0 Å². The van der Waals surface area contributed by atoms with Crippen molar-refractivity contribution in [2.24, 2.45) is 0 Å². The number of alkyl halides is 6. The van der Waals surface area contributed by atoms with E-state index in [9.17, 15) is 26.7 Å². The summed E-state index contributed by atoms with van der Waals surface area (Å²) in [6.45, 7) is 0. The zero-order valence-corrected chi connectivity index (χ0v) is 8.85. The van der Waals surface area contributed by atoms with E-state index in [1.54, 1.807) is 0 Å². The van der Waals surface area contributed by atoms with E-state index >= 15 is 0 Å². The van der Waals surface area contributed by atoms with Crippen LogP contribution in [0.4, 0.5) is 22.0 Å². The van der Waals surface area contributed by atoms with E-state index in [-0.39, 0.29) is 6.07 Å². The number of pyridine rings is 1. The molecule has 0 fully saturated rings. The minimum Gasteiger partial charge on any atom is -0.507 e. The van der Waals surface area contributed by atoms with Crippen LogP contribution in [0.25, 0.3) is 0 Å². The quantitative estimate of drug-likeness (QED) is 0.649. The van der Waals surface area contributed by atoms with E-state index in [1.165, 1.54) is 0 Å². The third kappa shape index (κ3) is 2.78. The van der Waals surface area contributed by atoms with E-state index in [2.05, 4.69) is 16.6 Å². The Morgan fingerprint density at radius 1 is 1.28 bits per heavy atom. The Labute approximate surface area is 101 Å². The van der Waals surface area contributed by atoms with Gasteiger partial charge in [0.15, 0.2) is 5.69 Å². The molecule has 1 heterocycles. The minimum atomic E-state index is -5.33. The summed E-state index contributed by atoms with van der Waals surface area (Å²) in [5.41, 5.74) is -5.36. The summed E-state index contributed by atoms with van der Waals surface area (Å²) < 4.78 is 62.5. The molecule has 18 heavy (non-hydrogen) atoms. The van der Waals surface area contributed by atoms with E-state index in [1.807, 2.05) is 0 Å². The largest absolute Gasteiger partial charge is 0.507 e. The summed E-state index contributed by atoms with van der Waals surface area (Å²) in [5.74, 6) is -3.66. The van der Waals surface area contributed by atoms with E-state index < -0.39 is 40.2 Å². The van der Waals surface area contributed by atoms with Crippen molar-refractivity contribution in [3.8, 4) is 5.75 Å². The lowest BCUT2D eigenvalue weighted by molar-refractivity contribution is -0.142. The predicted octanol–water partition coefficient (Wildman–Crippen LogP) is 2.79. The first-order valence-electron chi connectivity index (χ1n) is 4.06. The standard InChI is InChI=1S/C8H3ClF5NO3/c9-7(10,11)3-1-2(16)4(6(17)18)5(15-3)8(12,13)14/h1H,(H,15,16)(H,17,18). The van der Waals surface area contributed by atoms with Gasteiger partial charge in [-0.3, -0.25) is 0 Å². The lowest BCUT2D eigenvalue weighted by Crippen LogP contribution is -2.19. The highest BCUT2D eigenvalue weighted by molar-refractivity contribution is 6.21. The molecule has 1 rings (SSSR count). The molecule has 1 aromatic heterocycles. The molecule has 0 saturated heterocycles. The van der Waals surface area contributed by atoms with E-state index in [0.717, 1.165) is 0 Å². The third-order valence-corrected chi connectivity index (χ3v) is 1.97. The van der Waals surface area contributed by atoms with Gasteiger partial charge in [0.05, 0.1) is 0 Å². The van der Waals surface area contributed by atoms with Gasteiger partial charge in [0.2, 0.25) is 0 Å². The molecule has 0 aliphatic rings. The van der Waals surface area contributed by atoms with Gasteiger partial charge >= 0.3 is 17.5 Å². The predicted molar refractivity (Wildman–Crippen MR) is 47.6 cm³/mol. The van der Waals surface area contributed by atoms with Gasteiger partial charge in [-0.05, 0) is 11.6 Å². The van der Waals surface area contributed by atoms with Crippen LogP contribution in [-0.4, -0.2) is 21.2 Å². The van der Waals surface area contributed by atoms with Crippen LogP contribution in [0.15, 0.2) is 6.07 Å². The second kappa shape index (κ2) is 4.23. The first kappa shape index (κ1) is 14.4. The van der Waals surface area contributed by atoms with Crippen molar-refractivity contribution in [3.63, 3.8) is 0 Å². The summed E-state index contributed by atoms with van der Waals surface area (Å²) in [5, 5.41) is 13.3. The van der Waals surface area contributed by atoms with Crippen molar-refractivity contribution in [1.82, 2.24) is 4.98 Å². The average molecular weight is 292 g/mol. The van der Waals surface area contributed by atoms with Crippen molar-refractivity contribution in [3.05, 3.63) is 23.0 Å². The smallest absolute Gasteiger partial charge is 0.434 e. The summed E-state index contributed by atoms with van der Waals surface area (Å²) in [4.78, 5) is 13.0. The molecule has 0 aliphatic carbocycles. The van der Waals surface area contributed by atoms with Crippen molar-refractivity contribution in [2.45, 2.75) is 11.6 Å². The number of carboxylic acids is 1. The zero-order valence-electron chi connectivity index (χ0n) is 8.10. The number of rotatable bonds is 2. The number of carboxylic acid groups (broad SMARTS) is 1. The maximum absolute atomic E-state index is 12.6. The van der Waals surface area contributed by atoms with Gasteiger partial charge < -0.3 is 10.2 Å². The van der Waals surface area contributed by atoms with Gasteiger partial charge in [-0.15, -0.1) is 0 Å². The Morgan fingerprint density at radius 3 is 2.11 bits per heavy atom. The van der Waals surface area contributed by atoms with Crippen LogP contribution in [0.5, 0.6) is 5.75 Å². The van der Waals surface area contributed by atoms with Gasteiger partial charge in [-0.1, -0.05) is 0 Å². The zero-order chi connectivity index (χ0) is 14.3. The number of aromatic carboxylic acids is 1. The maximum atomic E-state index is 12.6. The Hall–Kier alpha value is -1.64. The highest BCUT2D eigenvalue weighted by atomic mass is 35.5. The van der Waals surface area contributed by atoms with Gasteiger partial charge in [0, 0.05) is 6.07 Å². The number of halogens is 6. The van der Waals surface area contributed by atoms with Crippen LogP contribution in [0.1, 0.15) is 21.7 Å². The molecule has 10 heteroatoms. The van der Waals surface area contributed by atoms with Crippen molar-refractivity contribution < 1.29 is 37.0 Å². The van der Waals surface area contributed by atoms with E-state index in [0.29, 0.717) is 0 Å². The van der Waals surface area contributed by atoms with Crippen LogP contribution in [0.3, 0.4) is 0 Å². The topological polar surface area (TPSA) is 70.4 Å². The maximum Gasteiger partial charge on any atom is 0.434 e. The molecule has 100 valence electrons. The summed E-state index contributed by atoms with van der Waals surface area (Å²) >= 11 is 4.46. The van der Waals surface area contributed by atoms with E-state index in [4.69, 9.17) is 10.2 Å². The Balaban J connectivity index is 3.64. The third-order valence-electron chi connectivity index (χ3n) is 1.77. The summed E-state index contributed by atoms with van der Waals surface area (Å²) in [6, 6.07) is 0.0612. The molecule has 0 aromatic carbocycles. The number of aromatic nitrogens is 1. The normalized spacial score (nSPS) is 12.6. The van der Waals surface area contributed by atoms with Crippen LogP contribution < -0.4 is 0 Å². The Bertz CT molecular complexity index is 497. The number of hydrogen-bond donors (Lipinski definition) is 2. The Kier molecular flexibility index (Phi) is 3.39. The molecule has 0 radical (unpaired) electrons. The summed E-state index contributed by atoms with van der Waals surface area (Å²) in [7, 11) is 0. The van der Waals surface area contributed by atoms with Crippen molar-refractivity contribution in [1.29, 1.82) is 0 Å². The van der Waals surface area contributed by atoms with Gasteiger partial charge in [-0.2, -0.15) is 22.0 Å². The minimum absolute atomic E-state index is 0.0612. The monoisotopic (exact) mass is 291 g/mol. The van der Waals surface area contributed by atoms with Crippen molar-refractivity contribution in [2.75, 3.05) is 0 Å². The SMILES string of the molecule is O=C(O)c1c(O)cc(C(F)(F)Cl)nc1C(F)(F)F. The number of hydrogen-bond acceptors (Lipinski definition) is 3. The van der Waals surface area contributed by atoms with Crippen molar-refractivity contribution >= 4 is 17.6 Å². The molecule has 4 nitrogen and oxygen atoms in total. The lowest BCUT2D eigenvalue weighted by atomic mass is 10.1. The average Bonchev–Trinajstić information content (AvgIpc) is 2.12. The van der Waals surface area contributed by atoms with Gasteiger partial charge in [-0.25, -0.2) is 9.78 Å². The second-order valence-electron chi connectivity index (χ2n) is 3.05. The highest BCUT2D eigenvalue weighted by Crippen LogP contribution is 2.39. The van der Waals surface area contributed by atoms with Crippen LogP contribution >= 0.6 is 11.6 Å². The number of nitrogens with zero attached hydrogens (tertiary/aromatic N) is 1. The fourth-order valence-corrected chi connectivity index (χ4v) is 1.19. The first-order valence-corrected chi connectivity index (χ1v) is 4.44. The first-order chi connectivity index (χ1) is 7.94. The van der Waals surface area contributed by atoms with Gasteiger partial charge in [0.25, 0.3) is 0 Å². The molecule has 0 spiro atoms. The molecule has 0 unspecified atom stereocenters. The Morgan fingerprint density at radius 2 is 1.78 bits per heavy atom. The molecular weight excluding hydrogens is 289 g/mol. The lowest BCUT2D eigenvalue weighted by Gasteiger charge is -2.14. The second-order valence-corrected chi connectivity index (χ2v) is 3.53.